The van der Waals surface area contributed by atoms with E-state index in [9.17, 15) is 0 Å². The van der Waals surface area contributed by atoms with Gasteiger partial charge in [-0.3, -0.25) is 4.79 Å². The molecule has 0 saturated heterocycles. The third kappa shape index (κ3) is 3.14. The van der Waals surface area contributed by atoms with E-state index in [0.717, 1.165) is 0 Å². The maximum atomic E-state index is 8.36. The van der Waals surface area contributed by atoms with Gasteiger partial charge in [0, 0.05) is 21.8 Å². The molecule has 3 rings (SSSR count). The van der Waals surface area contributed by atoms with Gasteiger partial charge in [-0.2, -0.15) is 0 Å². The second-order valence-corrected chi connectivity index (χ2v) is 3.32. The Bertz CT molecular complexity index is 578. The average molecular weight is 353 g/mol. The summed E-state index contributed by atoms with van der Waals surface area (Å²) < 4.78 is 0. The number of aromatic amines is 1. The first kappa shape index (κ1) is 14.3. The van der Waals surface area contributed by atoms with Crippen LogP contribution in [0.5, 0.6) is 0 Å². The molecule has 0 spiro atoms. The van der Waals surface area contributed by atoms with Crippen molar-refractivity contribution < 1.29 is 12.8 Å². The zero-order chi connectivity index (χ0) is 11.4. The molecule has 84 valence electrons. The van der Waals surface area contributed by atoms with E-state index in [4.69, 9.17) is 9.90 Å². The normalized spacial score (nSPS) is 9.18. The molecule has 0 saturated carbocycles. The minimum Gasteiger partial charge on any atom is -1.00 e. The summed E-state index contributed by atoms with van der Waals surface area (Å²) in [6.07, 6.45) is 0. The quantitative estimate of drug-likeness (QED) is 0.483. The van der Waals surface area contributed by atoms with Crippen molar-refractivity contribution >= 4 is 77.2 Å². The summed E-state index contributed by atoms with van der Waals surface area (Å²) in [4.78, 5) is 11.7. The number of aromatic nitrogens is 1. The van der Waals surface area contributed by atoms with Crippen LogP contribution >= 0.6 is 0 Å². The van der Waals surface area contributed by atoms with Gasteiger partial charge in [0.05, 0.1) is 0 Å². The van der Waals surface area contributed by atoms with E-state index in [1.165, 1.54) is 21.8 Å². The minimum absolute atomic E-state index is 0. The van der Waals surface area contributed by atoms with E-state index in [-0.39, 0.29) is 58.2 Å². The third-order valence-corrected chi connectivity index (χ3v) is 2.41. The number of H-pyrrole nitrogens is 1. The van der Waals surface area contributed by atoms with Gasteiger partial charge in [-0.25, -0.2) is 0 Å². The van der Waals surface area contributed by atoms with Crippen molar-refractivity contribution in [3.05, 3.63) is 48.5 Å². The van der Waals surface area contributed by atoms with Crippen molar-refractivity contribution in [3.63, 3.8) is 0 Å². The second-order valence-electron chi connectivity index (χ2n) is 3.32. The first-order valence-corrected chi connectivity index (χ1v) is 4.90. The zero-order valence-corrected chi connectivity index (χ0v) is 13.7. The number of carboxylic acid groups (broad SMARTS) is 1. The fraction of sp³-hybridized carbons (Fsp3) is 0. The standard InChI is InChI=1S/C12H9N.CH2O2.Ba.2H/c1-3-7-11-9(5-1)10-6-2-4-8-12(10)13-11;2-1-3;;;/h1-8,13H;1H,(H,2,3);;;/q;;+2;2*-1. The molecular formula is C13H13BaNO2. The Labute approximate surface area is 142 Å². The van der Waals surface area contributed by atoms with E-state index in [1.54, 1.807) is 0 Å². The van der Waals surface area contributed by atoms with Crippen LogP contribution in [0.4, 0.5) is 0 Å². The number of hydrogen-bond acceptors (Lipinski definition) is 1. The largest absolute Gasteiger partial charge is 2.00 e. The molecule has 0 aliphatic rings. The molecule has 4 heteroatoms. The Kier molecular flexibility index (Phi) is 5.81. The van der Waals surface area contributed by atoms with Crippen LogP contribution in [0.3, 0.4) is 0 Å². The SMILES string of the molecule is O=CO.[Ba+2].[H-].[H-].c1ccc2c(c1)[nH]c1ccccc12. The summed E-state index contributed by atoms with van der Waals surface area (Å²) in [5.74, 6) is 0. The van der Waals surface area contributed by atoms with Gasteiger partial charge in [0.2, 0.25) is 0 Å². The number of benzene rings is 2. The number of fused-ring (bicyclic) bond motifs is 3. The molecule has 0 radical (unpaired) electrons. The maximum Gasteiger partial charge on any atom is 2.00 e. The molecule has 0 aliphatic carbocycles. The van der Waals surface area contributed by atoms with E-state index in [0.29, 0.717) is 0 Å². The molecule has 2 N–H and O–H groups in total. The summed E-state index contributed by atoms with van der Waals surface area (Å²) in [6, 6.07) is 16.8. The third-order valence-electron chi connectivity index (χ3n) is 2.41. The first-order chi connectivity index (χ1) is 7.86. The summed E-state index contributed by atoms with van der Waals surface area (Å²) in [7, 11) is 0. The van der Waals surface area contributed by atoms with Crippen LogP contribution < -0.4 is 0 Å². The topological polar surface area (TPSA) is 53.1 Å². The van der Waals surface area contributed by atoms with Gasteiger partial charge in [-0.15, -0.1) is 0 Å². The number of carbonyl (C=O) groups is 1. The molecule has 1 heterocycles. The van der Waals surface area contributed by atoms with Crippen molar-refractivity contribution in [1.29, 1.82) is 0 Å². The molecule has 0 aliphatic heterocycles. The monoisotopic (exact) mass is 353 g/mol. The Morgan fingerprint density at radius 3 is 1.71 bits per heavy atom. The predicted molar refractivity (Wildman–Crippen MR) is 72.5 cm³/mol. The summed E-state index contributed by atoms with van der Waals surface area (Å²) in [5.41, 5.74) is 2.42. The van der Waals surface area contributed by atoms with Gasteiger partial charge in [0.1, 0.15) is 0 Å². The van der Waals surface area contributed by atoms with E-state index in [2.05, 4.69) is 53.5 Å². The van der Waals surface area contributed by atoms with Gasteiger partial charge < -0.3 is 12.9 Å². The van der Waals surface area contributed by atoms with Crippen molar-refractivity contribution in [2.45, 2.75) is 0 Å². The first-order valence-electron chi connectivity index (χ1n) is 4.90. The predicted octanol–water partition coefficient (Wildman–Crippen LogP) is 2.87. The molecule has 3 aromatic rings. The molecule has 0 fully saturated rings. The second kappa shape index (κ2) is 6.88. The van der Waals surface area contributed by atoms with Crippen LogP contribution in [-0.2, 0) is 4.79 Å². The molecule has 1 aromatic heterocycles. The molecule has 0 atom stereocenters. The van der Waals surface area contributed by atoms with Gasteiger partial charge in [0.25, 0.3) is 6.47 Å². The van der Waals surface area contributed by atoms with Crippen molar-refractivity contribution in [2.24, 2.45) is 0 Å². The number of hydrogen-bond donors (Lipinski definition) is 2. The molecule has 17 heavy (non-hydrogen) atoms. The molecule has 0 bridgehead atoms. The van der Waals surface area contributed by atoms with Gasteiger partial charge in [0.15, 0.2) is 0 Å². The average Bonchev–Trinajstić information content (AvgIpc) is 2.68. The Morgan fingerprint density at radius 1 is 0.941 bits per heavy atom. The van der Waals surface area contributed by atoms with Gasteiger partial charge in [-0.1, -0.05) is 36.4 Å². The van der Waals surface area contributed by atoms with Crippen LogP contribution in [0.2, 0.25) is 0 Å². The van der Waals surface area contributed by atoms with Crippen molar-refractivity contribution in [2.75, 3.05) is 0 Å². The summed E-state index contributed by atoms with van der Waals surface area (Å²) >= 11 is 0. The van der Waals surface area contributed by atoms with Crippen LogP contribution in [0.25, 0.3) is 21.8 Å². The molecule has 3 nitrogen and oxygen atoms in total. The fourth-order valence-electron chi connectivity index (χ4n) is 1.80. The van der Waals surface area contributed by atoms with Crippen LogP contribution in [-0.4, -0.2) is 65.4 Å². The maximum absolute atomic E-state index is 8.36. The Balaban J connectivity index is 0. The minimum atomic E-state index is -0.250. The number of rotatable bonds is 0. The van der Waals surface area contributed by atoms with E-state index >= 15 is 0 Å². The molecule has 0 amide bonds. The number of nitrogens with one attached hydrogen (secondary N) is 1. The van der Waals surface area contributed by atoms with Gasteiger partial charge >= 0.3 is 48.9 Å². The van der Waals surface area contributed by atoms with E-state index < -0.39 is 0 Å². The fourth-order valence-corrected chi connectivity index (χ4v) is 1.80. The van der Waals surface area contributed by atoms with Crippen LogP contribution in [0, 0.1) is 0 Å². The van der Waals surface area contributed by atoms with Gasteiger partial charge in [-0.05, 0) is 12.1 Å². The van der Waals surface area contributed by atoms with Crippen molar-refractivity contribution in [1.82, 2.24) is 4.98 Å². The Morgan fingerprint density at radius 2 is 1.29 bits per heavy atom. The smallest absolute Gasteiger partial charge is 1.00 e. The molecular weight excluding hydrogens is 339 g/mol. The zero-order valence-electron chi connectivity index (χ0n) is 11.3. The van der Waals surface area contributed by atoms with Crippen molar-refractivity contribution in [3.8, 4) is 0 Å². The molecule has 0 unspecified atom stereocenters. The van der Waals surface area contributed by atoms with Crippen LogP contribution in [0.15, 0.2) is 48.5 Å². The van der Waals surface area contributed by atoms with E-state index in [1.807, 2.05) is 0 Å². The number of para-hydroxylation sites is 2. The molecule has 2 aromatic carbocycles. The summed E-state index contributed by atoms with van der Waals surface area (Å²) in [6.45, 7) is -0.250. The summed E-state index contributed by atoms with van der Waals surface area (Å²) in [5, 5.41) is 9.50. The van der Waals surface area contributed by atoms with Crippen LogP contribution in [0.1, 0.15) is 2.85 Å². The Hall–Kier alpha value is -0.719.